The molecule has 0 unspecified atom stereocenters. The second-order valence-electron chi connectivity index (χ2n) is 4.68. The van der Waals surface area contributed by atoms with E-state index in [9.17, 15) is 9.59 Å². The summed E-state index contributed by atoms with van der Waals surface area (Å²) in [6.45, 7) is 0.311. The molecule has 0 aliphatic carbocycles. The van der Waals surface area contributed by atoms with Crippen LogP contribution in [0.3, 0.4) is 0 Å². The first-order valence-electron chi connectivity index (χ1n) is 6.48. The standard InChI is InChI=1S/C14H16ClNO4/c15-10-4-6-11(7-5-10)20-9-13(17)16-8-2-1-3-12(16)14(18)19/h4-7,12H,1-3,8-9H2,(H,18,19)/t12-/m0/s1. The van der Waals surface area contributed by atoms with Crippen LogP contribution in [0.2, 0.25) is 5.02 Å². The molecule has 1 saturated heterocycles. The van der Waals surface area contributed by atoms with Crippen LogP contribution in [0, 0.1) is 0 Å². The van der Waals surface area contributed by atoms with E-state index in [4.69, 9.17) is 21.4 Å². The minimum absolute atomic E-state index is 0.161. The number of hydrogen-bond donors (Lipinski definition) is 1. The highest BCUT2D eigenvalue weighted by molar-refractivity contribution is 6.30. The first-order valence-corrected chi connectivity index (χ1v) is 6.86. The molecular formula is C14H16ClNO4. The van der Waals surface area contributed by atoms with Gasteiger partial charge in [-0.05, 0) is 43.5 Å². The molecule has 1 heterocycles. The zero-order valence-electron chi connectivity index (χ0n) is 10.9. The molecule has 1 N–H and O–H groups in total. The number of aliphatic carboxylic acids is 1. The van der Waals surface area contributed by atoms with E-state index in [2.05, 4.69) is 0 Å². The monoisotopic (exact) mass is 297 g/mol. The number of piperidine rings is 1. The van der Waals surface area contributed by atoms with Gasteiger partial charge in [0.05, 0.1) is 0 Å². The molecule has 0 spiro atoms. The Morgan fingerprint density at radius 3 is 2.65 bits per heavy atom. The zero-order valence-corrected chi connectivity index (χ0v) is 11.7. The minimum atomic E-state index is -0.954. The maximum Gasteiger partial charge on any atom is 0.326 e. The number of rotatable bonds is 4. The number of carboxylic acid groups (broad SMARTS) is 1. The van der Waals surface area contributed by atoms with Crippen LogP contribution in [0.25, 0.3) is 0 Å². The number of nitrogens with zero attached hydrogens (tertiary/aromatic N) is 1. The normalized spacial score (nSPS) is 18.6. The Balaban J connectivity index is 1.93. The Morgan fingerprint density at radius 1 is 1.30 bits per heavy atom. The molecule has 1 aromatic rings. The van der Waals surface area contributed by atoms with Gasteiger partial charge >= 0.3 is 5.97 Å². The van der Waals surface area contributed by atoms with Crippen LogP contribution in [0.5, 0.6) is 5.75 Å². The third-order valence-corrected chi connectivity index (χ3v) is 3.54. The van der Waals surface area contributed by atoms with Crippen molar-refractivity contribution in [2.24, 2.45) is 0 Å². The van der Waals surface area contributed by atoms with Crippen LogP contribution in [0.4, 0.5) is 0 Å². The van der Waals surface area contributed by atoms with Gasteiger partial charge in [0, 0.05) is 11.6 Å². The van der Waals surface area contributed by atoms with Gasteiger partial charge in [-0.3, -0.25) is 4.79 Å². The van der Waals surface area contributed by atoms with Crippen molar-refractivity contribution in [3.05, 3.63) is 29.3 Å². The van der Waals surface area contributed by atoms with Gasteiger partial charge in [0.2, 0.25) is 0 Å². The van der Waals surface area contributed by atoms with E-state index in [-0.39, 0.29) is 12.5 Å². The molecule has 2 rings (SSSR count). The van der Waals surface area contributed by atoms with Gasteiger partial charge in [-0.1, -0.05) is 11.6 Å². The molecule has 108 valence electrons. The van der Waals surface area contributed by atoms with Gasteiger partial charge in [-0.2, -0.15) is 0 Å². The summed E-state index contributed by atoms with van der Waals surface area (Å²) in [7, 11) is 0. The summed E-state index contributed by atoms with van der Waals surface area (Å²) >= 11 is 5.75. The number of likely N-dealkylation sites (tertiary alicyclic amines) is 1. The fourth-order valence-electron chi connectivity index (χ4n) is 2.25. The number of ether oxygens (including phenoxy) is 1. The van der Waals surface area contributed by atoms with Crippen molar-refractivity contribution in [3.8, 4) is 5.75 Å². The predicted molar refractivity (Wildman–Crippen MR) is 73.9 cm³/mol. The van der Waals surface area contributed by atoms with Crippen LogP contribution in [0.15, 0.2) is 24.3 Å². The molecule has 0 aromatic heterocycles. The van der Waals surface area contributed by atoms with Crippen molar-refractivity contribution in [2.45, 2.75) is 25.3 Å². The highest BCUT2D eigenvalue weighted by Gasteiger charge is 2.31. The molecule has 5 nitrogen and oxygen atoms in total. The number of hydrogen-bond acceptors (Lipinski definition) is 3. The fraction of sp³-hybridized carbons (Fsp3) is 0.429. The van der Waals surface area contributed by atoms with Crippen molar-refractivity contribution >= 4 is 23.5 Å². The molecule has 0 bridgehead atoms. The molecule has 20 heavy (non-hydrogen) atoms. The van der Waals surface area contributed by atoms with Crippen molar-refractivity contribution in [2.75, 3.05) is 13.2 Å². The van der Waals surface area contributed by atoms with E-state index in [1.807, 2.05) is 0 Å². The number of benzene rings is 1. The summed E-state index contributed by atoms with van der Waals surface area (Å²) in [5, 5.41) is 9.71. The summed E-state index contributed by atoms with van der Waals surface area (Å²) in [6.07, 6.45) is 2.16. The van der Waals surface area contributed by atoms with E-state index in [1.165, 1.54) is 4.90 Å². The van der Waals surface area contributed by atoms with Crippen LogP contribution in [0.1, 0.15) is 19.3 Å². The third-order valence-electron chi connectivity index (χ3n) is 3.28. The molecule has 1 aliphatic heterocycles. The highest BCUT2D eigenvalue weighted by Crippen LogP contribution is 2.19. The quantitative estimate of drug-likeness (QED) is 0.925. The smallest absolute Gasteiger partial charge is 0.326 e. The average Bonchev–Trinajstić information content (AvgIpc) is 2.46. The zero-order chi connectivity index (χ0) is 14.5. The lowest BCUT2D eigenvalue weighted by molar-refractivity contribution is -0.152. The van der Waals surface area contributed by atoms with Gasteiger partial charge < -0.3 is 14.7 Å². The summed E-state index contributed by atoms with van der Waals surface area (Å²) < 4.78 is 5.36. The number of amides is 1. The Labute approximate surface area is 122 Å². The third kappa shape index (κ3) is 3.63. The second-order valence-corrected chi connectivity index (χ2v) is 5.12. The van der Waals surface area contributed by atoms with Crippen molar-refractivity contribution < 1.29 is 19.4 Å². The van der Waals surface area contributed by atoms with Gasteiger partial charge in [0.25, 0.3) is 5.91 Å². The van der Waals surface area contributed by atoms with E-state index >= 15 is 0 Å². The number of halogens is 1. The van der Waals surface area contributed by atoms with Gasteiger partial charge in [-0.15, -0.1) is 0 Å². The molecular weight excluding hydrogens is 282 g/mol. The Hall–Kier alpha value is -1.75. The summed E-state index contributed by atoms with van der Waals surface area (Å²) in [4.78, 5) is 24.6. The second kappa shape index (κ2) is 6.61. The van der Waals surface area contributed by atoms with Crippen molar-refractivity contribution in [3.63, 3.8) is 0 Å². The van der Waals surface area contributed by atoms with E-state index < -0.39 is 12.0 Å². The average molecular weight is 298 g/mol. The molecule has 1 atom stereocenters. The summed E-state index contributed by atoms with van der Waals surface area (Å²) in [5.74, 6) is -0.719. The summed E-state index contributed by atoms with van der Waals surface area (Å²) in [6, 6.07) is 5.94. The molecule has 0 saturated carbocycles. The molecule has 0 radical (unpaired) electrons. The molecule has 1 fully saturated rings. The SMILES string of the molecule is O=C(O)[C@@H]1CCCCN1C(=O)COc1ccc(Cl)cc1. The Bertz CT molecular complexity index is 488. The van der Waals surface area contributed by atoms with E-state index in [0.29, 0.717) is 23.7 Å². The lowest BCUT2D eigenvalue weighted by Crippen LogP contribution is -2.49. The Kier molecular flexibility index (Phi) is 4.84. The van der Waals surface area contributed by atoms with E-state index in [1.54, 1.807) is 24.3 Å². The topological polar surface area (TPSA) is 66.8 Å². The number of carboxylic acids is 1. The van der Waals surface area contributed by atoms with Crippen molar-refractivity contribution in [1.29, 1.82) is 0 Å². The van der Waals surface area contributed by atoms with Crippen LogP contribution in [-0.2, 0) is 9.59 Å². The van der Waals surface area contributed by atoms with Crippen molar-refractivity contribution in [1.82, 2.24) is 4.90 Å². The highest BCUT2D eigenvalue weighted by atomic mass is 35.5. The van der Waals surface area contributed by atoms with Gasteiger partial charge in [0.15, 0.2) is 6.61 Å². The maximum atomic E-state index is 12.1. The maximum absolute atomic E-state index is 12.1. The molecule has 1 aromatic carbocycles. The number of carbonyl (C=O) groups is 2. The van der Waals surface area contributed by atoms with Gasteiger partial charge in [0.1, 0.15) is 11.8 Å². The predicted octanol–water partition coefficient (Wildman–Crippen LogP) is 2.18. The summed E-state index contributed by atoms with van der Waals surface area (Å²) in [5.41, 5.74) is 0. The number of carbonyl (C=O) groups excluding carboxylic acids is 1. The molecule has 1 amide bonds. The lowest BCUT2D eigenvalue weighted by Gasteiger charge is -2.32. The minimum Gasteiger partial charge on any atom is -0.484 e. The first-order chi connectivity index (χ1) is 9.58. The largest absolute Gasteiger partial charge is 0.484 e. The lowest BCUT2D eigenvalue weighted by atomic mass is 10.0. The molecule has 1 aliphatic rings. The van der Waals surface area contributed by atoms with Crippen LogP contribution < -0.4 is 4.74 Å². The van der Waals surface area contributed by atoms with E-state index in [0.717, 1.165) is 12.8 Å². The first kappa shape index (κ1) is 14.7. The van der Waals surface area contributed by atoms with Gasteiger partial charge in [-0.25, -0.2) is 4.79 Å². The van der Waals surface area contributed by atoms with Crippen LogP contribution >= 0.6 is 11.6 Å². The molecule has 6 heteroatoms. The fourth-order valence-corrected chi connectivity index (χ4v) is 2.37. The van der Waals surface area contributed by atoms with Crippen LogP contribution in [-0.4, -0.2) is 41.1 Å². The Morgan fingerprint density at radius 2 is 2.00 bits per heavy atom.